The molecule has 0 fully saturated rings. The molecule has 3 nitrogen and oxygen atoms in total. The summed E-state index contributed by atoms with van der Waals surface area (Å²) in [6.45, 7) is 3.99. The van der Waals surface area contributed by atoms with E-state index in [1.54, 1.807) is 0 Å². The van der Waals surface area contributed by atoms with Crippen LogP contribution in [0.3, 0.4) is 0 Å². The molecular formula is C17H19NO2+. The molecule has 1 unspecified atom stereocenters. The van der Waals surface area contributed by atoms with Crippen LogP contribution in [0.5, 0.6) is 0 Å². The second-order valence-corrected chi connectivity index (χ2v) is 5.28. The van der Waals surface area contributed by atoms with E-state index in [0.717, 1.165) is 16.7 Å². The second-order valence-electron chi connectivity index (χ2n) is 5.28. The number of nitrogens with zero attached hydrogens (tertiary/aromatic N) is 1. The van der Waals surface area contributed by atoms with E-state index >= 15 is 0 Å². The normalized spacial score (nSPS) is 13.0. The Hall–Kier alpha value is -1.97. The first-order chi connectivity index (χ1) is 9.41. The predicted molar refractivity (Wildman–Crippen MR) is 78.1 cm³/mol. The van der Waals surface area contributed by atoms with Crippen LogP contribution >= 0.6 is 0 Å². The molecule has 1 N–H and O–H groups in total. The Kier molecular flexibility index (Phi) is 4.02. The molecule has 1 amide bonds. The molecule has 3 heteroatoms. The van der Waals surface area contributed by atoms with E-state index in [1.807, 2.05) is 54.6 Å². The number of hydroxylamine groups is 3. The highest BCUT2D eigenvalue weighted by Gasteiger charge is 2.36. The highest BCUT2D eigenvalue weighted by atomic mass is 16.6. The van der Waals surface area contributed by atoms with Gasteiger partial charge in [0.05, 0.1) is 0 Å². The van der Waals surface area contributed by atoms with Crippen molar-refractivity contribution in [1.82, 2.24) is 0 Å². The van der Waals surface area contributed by atoms with Crippen LogP contribution in [0.15, 0.2) is 54.6 Å². The summed E-state index contributed by atoms with van der Waals surface area (Å²) in [6, 6.07) is 17.0. The Morgan fingerprint density at radius 3 is 2.15 bits per heavy atom. The van der Waals surface area contributed by atoms with Crippen LogP contribution in [0.1, 0.15) is 22.6 Å². The Labute approximate surface area is 119 Å². The van der Waals surface area contributed by atoms with Crippen LogP contribution < -0.4 is 0 Å². The average Bonchev–Trinajstić information content (AvgIpc) is 2.41. The fourth-order valence-corrected chi connectivity index (χ4v) is 2.23. The van der Waals surface area contributed by atoms with Gasteiger partial charge < -0.3 is 0 Å². The molecule has 0 aromatic heterocycles. The van der Waals surface area contributed by atoms with Crippen molar-refractivity contribution in [3.63, 3.8) is 0 Å². The largest absolute Gasteiger partial charge is 0.357 e. The molecule has 1 radical (unpaired) electrons. The molecule has 0 heterocycles. The molecule has 0 aliphatic heterocycles. The second kappa shape index (κ2) is 5.57. The lowest BCUT2D eigenvalue weighted by atomic mass is 9.87. The van der Waals surface area contributed by atoms with E-state index in [9.17, 15) is 10.0 Å². The number of hydrogen-bond donors (Lipinski definition) is 1. The molecule has 1 atom stereocenters. The van der Waals surface area contributed by atoms with E-state index in [0.29, 0.717) is 0 Å². The van der Waals surface area contributed by atoms with Crippen molar-refractivity contribution in [2.24, 2.45) is 0 Å². The van der Waals surface area contributed by atoms with Gasteiger partial charge in [0.15, 0.2) is 0 Å². The Bertz CT molecular complexity index is 600. The van der Waals surface area contributed by atoms with Crippen molar-refractivity contribution in [2.45, 2.75) is 5.92 Å². The van der Waals surface area contributed by atoms with Gasteiger partial charge in [0.1, 0.15) is 20.0 Å². The maximum Gasteiger partial charge on any atom is 0.357 e. The quantitative estimate of drug-likeness (QED) is 0.528. The van der Waals surface area contributed by atoms with Crippen LogP contribution in [0.25, 0.3) is 0 Å². The third-order valence-electron chi connectivity index (χ3n) is 3.29. The molecule has 0 aliphatic rings. The number of rotatable bonds is 3. The summed E-state index contributed by atoms with van der Waals surface area (Å²) in [5, 5.41) is 10.0. The van der Waals surface area contributed by atoms with Gasteiger partial charge in [-0.15, -0.1) is 4.65 Å². The van der Waals surface area contributed by atoms with Gasteiger partial charge in [0, 0.05) is 0 Å². The summed E-state index contributed by atoms with van der Waals surface area (Å²) in [4.78, 5) is 12.6. The Morgan fingerprint density at radius 1 is 1.05 bits per heavy atom. The highest BCUT2D eigenvalue weighted by molar-refractivity contribution is 5.81. The molecule has 2 aromatic carbocycles. The van der Waals surface area contributed by atoms with Crippen molar-refractivity contribution in [1.29, 1.82) is 0 Å². The summed E-state index contributed by atoms with van der Waals surface area (Å²) >= 11 is 0. The van der Waals surface area contributed by atoms with Crippen LogP contribution in [0.2, 0.25) is 0 Å². The lowest BCUT2D eigenvalue weighted by molar-refractivity contribution is -1.01. The van der Waals surface area contributed by atoms with Gasteiger partial charge in [-0.3, -0.25) is 0 Å². The van der Waals surface area contributed by atoms with Crippen molar-refractivity contribution in [3.05, 3.63) is 78.2 Å². The summed E-state index contributed by atoms with van der Waals surface area (Å²) in [7, 11) is 2.92. The molecule has 103 valence electrons. The summed E-state index contributed by atoms with van der Waals surface area (Å²) in [5.74, 6) is -0.808. The third kappa shape index (κ3) is 2.95. The fourth-order valence-electron chi connectivity index (χ4n) is 2.23. The van der Waals surface area contributed by atoms with Crippen molar-refractivity contribution in [3.8, 4) is 0 Å². The Morgan fingerprint density at radius 2 is 1.60 bits per heavy atom. The van der Waals surface area contributed by atoms with Crippen molar-refractivity contribution in [2.75, 3.05) is 14.1 Å². The third-order valence-corrected chi connectivity index (χ3v) is 3.29. The lowest BCUT2D eigenvalue weighted by Gasteiger charge is -2.24. The topological polar surface area (TPSA) is 37.3 Å². The molecule has 0 bridgehead atoms. The SMILES string of the molecule is [CH2]c1ccccc1C(C(=O)[N+](C)(C)O)c1ccccc1. The molecule has 2 rings (SSSR count). The van der Waals surface area contributed by atoms with E-state index < -0.39 is 10.6 Å². The minimum atomic E-state index is -0.714. The first-order valence-electron chi connectivity index (χ1n) is 6.48. The number of carbonyl (C=O) groups is 1. The van der Waals surface area contributed by atoms with E-state index in [-0.39, 0.29) is 5.91 Å². The van der Waals surface area contributed by atoms with Crippen LogP contribution in [-0.4, -0.2) is 29.9 Å². The maximum absolute atomic E-state index is 12.6. The molecule has 2 aromatic rings. The first-order valence-corrected chi connectivity index (χ1v) is 6.48. The summed E-state index contributed by atoms with van der Waals surface area (Å²) in [5.41, 5.74) is 2.47. The van der Waals surface area contributed by atoms with Gasteiger partial charge >= 0.3 is 5.91 Å². The highest BCUT2D eigenvalue weighted by Crippen LogP contribution is 2.29. The van der Waals surface area contributed by atoms with Gasteiger partial charge in [-0.25, -0.2) is 10.0 Å². The maximum atomic E-state index is 12.6. The van der Waals surface area contributed by atoms with E-state index in [2.05, 4.69) is 6.92 Å². The lowest BCUT2D eigenvalue weighted by Crippen LogP contribution is -2.45. The fraction of sp³-hybridized carbons (Fsp3) is 0.176. The zero-order valence-corrected chi connectivity index (χ0v) is 11.8. The van der Waals surface area contributed by atoms with Crippen LogP contribution in [0.4, 0.5) is 0 Å². The minimum absolute atomic E-state index is 0.285. The molecule has 20 heavy (non-hydrogen) atoms. The number of amides is 1. The number of carbonyl (C=O) groups excluding carboxylic acids is 1. The zero-order chi connectivity index (χ0) is 14.8. The zero-order valence-electron chi connectivity index (χ0n) is 11.8. The van der Waals surface area contributed by atoms with Gasteiger partial charge in [-0.2, -0.15) is 0 Å². The van der Waals surface area contributed by atoms with Crippen LogP contribution in [-0.2, 0) is 4.79 Å². The van der Waals surface area contributed by atoms with Gasteiger partial charge in [0.25, 0.3) is 0 Å². The molecule has 0 spiro atoms. The van der Waals surface area contributed by atoms with Gasteiger partial charge in [-0.1, -0.05) is 54.6 Å². The van der Waals surface area contributed by atoms with Gasteiger partial charge in [0.2, 0.25) is 0 Å². The van der Waals surface area contributed by atoms with Gasteiger partial charge in [-0.05, 0) is 23.6 Å². The molecule has 0 saturated carbocycles. The molecular weight excluding hydrogens is 250 g/mol. The molecule has 0 saturated heterocycles. The summed E-state index contributed by atoms with van der Waals surface area (Å²) < 4.78 is -0.714. The smallest absolute Gasteiger partial charge is 0.226 e. The standard InChI is InChI=1S/C17H19NO2/c1-13-9-7-8-12-15(13)16(17(19)18(2,3)20)14-10-5-4-6-11-14/h4-12,16,20H,1H2,2-3H3/q+1. The number of hydrogen-bond acceptors (Lipinski definition) is 2. The molecule has 0 aliphatic carbocycles. The average molecular weight is 269 g/mol. The first kappa shape index (κ1) is 14.4. The van der Waals surface area contributed by atoms with E-state index in [4.69, 9.17) is 0 Å². The Balaban J connectivity index is 2.57. The monoisotopic (exact) mass is 269 g/mol. The van der Waals surface area contributed by atoms with Crippen molar-refractivity contribution < 1.29 is 14.6 Å². The predicted octanol–water partition coefficient (Wildman–Crippen LogP) is 2.99. The van der Waals surface area contributed by atoms with E-state index in [1.165, 1.54) is 14.1 Å². The minimum Gasteiger partial charge on any atom is -0.226 e. The number of quaternary nitrogens is 1. The number of likely N-dealkylation sites (N-methyl/N-ethyl adjacent to an activating group) is 1. The summed E-state index contributed by atoms with van der Waals surface area (Å²) in [6.07, 6.45) is 0. The van der Waals surface area contributed by atoms with Crippen LogP contribution in [0, 0.1) is 6.92 Å². The number of benzene rings is 2. The van der Waals surface area contributed by atoms with Crippen molar-refractivity contribution >= 4 is 5.91 Å².